The van der Waals surface area contributed by atoms with Crippen LogP contribution in [0.3, 0.4) is 0 Å². The average molecular weight is 513 g/mol. The molecule has 186 valence electrons. The number of rotatable bonds is 6. The first-order valence-electron chi connectivity index (χ1n) is 12.6. The highest BCUT2D eigenvalue weighted by atomic mass is 35.5. The standard InChI is InChI=1S/C29H35Cl2N3O/c1-4-5-23-18-24(7-9-28(23)32-3)29(35)33-14-11-25(12-15-33)34-13-10-22(20(2)19-34)16-21-6-8-26(30)27(31)17-21/h4-9,17-18,20,22,25H,3,10-16,19H2,1-2H3/b5-4-/t20-,22-/m1/s1. The molecular weight excluding hydrogens is 477 g/mol. The zero-order valence-electron chi connectivity index (χ0n) is 20.7. The Bertz CT molecular complexity index is 1090. The van der Waals surface area contributed by atoms with Crippen molar-refractivity contribution in [1.82, 2.24) is 9.80 Å². The molecule has 0 radical (unpaired) electrons. The maximum atomic E-state index is 13.2. The van der Waals surface area contributed by atoms with E-state index in [1.54, 1.807) is 0 Å². The van der Waals surface area contributed by atoms with E-state index in [0.717, 1.165) is 62.3 Å². The molecule has 0 unspecified atom stereocenters. The predicted octanol–water partition coefficient (Wildman–Crippen LogP) is 7.16. The molecular formula is C29H35Cl2N3O. The van der Waals surface area contributed by atoms with E-state index in [1.165, 1.54) is 12.0 Å². The van der Waals surface area contributed by atoms with E-state index < -0.39 is 0 Å². The second-order valence-electron chi connectivity index (χ2n) is 9.93. The van der Waals surface area contributed by atoms with Crippen LogP contribution < -0.4 is 0 Å². The van der Waals surface area contributed by atoms with Gasteiger partial charge in [-0.3, -0.25) is 14.7 Å². The smallest absolute Gasteiger partial charge is 0.253 e. The normalized spacial score (nSPS) is 22.0. The summed E-state index contributed by atoms with van der Waals surface area (Å²) in [6, 6.07) is 12.2. The molecule has 4 rings (SSSR count). The third kappa shape index (κ3) is 6.17. The number of aliphatic imine (C=N–C) groups is 1. The van der Waals surface area contributed by atoms with Crippen molar-refractivity contribution in [2.75, 3.05) is 26.2 Å². The first-order valence-corrected chi connectivity index (χ1v) is 13.4. The number of benzene rings is 2. The molecule has 2 fully saturated rings. The molecule has 0 bridgehead atoms. The maximum Gasteiger partial charge on any atom is 0.253 e. The summed E-state index contributed by atoms with van der Waals surface area (Å²) < 4.78 is 0. The van der Waals surface area contributed by atoms with Gasteiger partial charge in [0.05, 0.1) is 15.7 Å². The van der Waals surface area contributed by atoms with Crippen LogP contribution in [0.5, 0.6) is 0 Å². The van der Waals surface area contributed by atoms with Crippen molar-refractivity contribution in [1.29, 1.82) is 0 Å². The van der Waals surface area contributed by atoms with Crippen LogP contribution in [0, 0.1) is 11.8 Å². The molecule has 0 spiro atoms. The molecule has 2 aromatic rings. The predicted molar refractivity (Wildman–Crippen MR) is 148 cm³/mol. The van der Waals surface area contributed by atoms with Gasteiger partial charge in [0.1, 0.15) is 0 Å². The van der Waals surface area contributed by atoms with Gasteiger partial charge in [0.15, 0.2) is 0 Å². The quantitative estimate of drug-likeness (QED) is 0.385. The van der Waals surface area contributed by atoms with E-state index in [1.807, 2.05) is 54.3 Å². The van der Waals surface area contributed by atoms with Gasteiger partial charge in [-0.25, -0.2) is 0 Å². The molecule has 2 aliphatic rings. The average Bonchev–Trinajstić information content (AvgIpc) is 2.87. The number of hydrogen-bond donors (Lipinski definition) is 0. The van der Waals surface area contributed by atoms with Gasteiger partial charge in [-0.05, 0) is 93.6 Å². The highest BCUT2D eigenvalue weighted by molar-refractivity contribution is 6.42. The molecule has 0 saturated carbocycles. The third-order valence-electron chi connectivity index (χ3n) is 7.66. The number of amides is 1. The first-order chi connectivity index (χ1) is 16.9. The largest absolute Gasteiger partial charge is 0.339 e. The van der Waals surface area contributed by atoms with Crippen molar-refractivity contribution in [2.45, 2.75) is 45.6 Å². The minimum absolute atomic E-state index is 0.110. The van der Waals surface area contributed by atoms with E-state index in [9.17, 15) is 4.79 Å². The van der Waals surface area contributed by atoms with E-state index >= 15 is 0 Å². The molecule has 2 aromatic carbocycles. The lowest BCUT2D eigenvalue weighted by Gasteiger charge is -2.44. The van der Waals surface area contributed by atoms with Crippen LogP contribution in [0.25, 0.3) is 6.08 Å². The first kappa shape index (κ1) is 25.9. The molecule has 0 N–H and O–H groups in total. The topological polar surface area (TPSA) is 35.9 Å². The minimum Gasteiger partial charge on any atom is -0.339 e. The van der Waals surface area contributed by atoms with Crippen molar-refractivity contribution in [3.8, 4) is 0 Å². The van der Waals surface area contributed by atoms with Crippen LogP contribution in [0.4, 0.5) is 5.69 Å². The van der Waals surface area contributed by atoms with Gasteiger partial charge in [-0.2, -0.15) is 0 Å². The van der Waals surface area contributed by atoms with E-state index in [0.29, 0.717) is 27.9 Å². The number of likely N-dealkylation sites (tertiary alicyclic amines) is 2. The lowest BCUT2D eigenvalue weighted by atomic mass is 9.81. The van der Waals surface area contributed by atoms with Crippen molar-refractivity contribution in [3.63, 3.8) is 0 Å². The summed E-state index contributed by atoms with van der Waals surface area (Å²) in [6.45, 7) is 11.8. The Hall–Kier alpha value is -2.14. The molecule has 2 atom stereocenters. The summed E-state index contributed by atoms with van der Waals surface area (Å²) >= 11 is 12.3. The second-order valence-corrected chi connectivity index (χ2v) is 10.7. The lowest BCUT2D eigenvalue weighted by molar-refractivity contribution is 0.0436. The van der Waals surface area contributed by atoms with Gasteiger partial charge in [-0.1, -0.05) is 48.3 Å². The van der Waals surface area contributed by atoms with Crippen molar-refractivity contribution in [2.24, 2.45) is 16.8 Å². The number of hydrogen-bond acceptors (Lipinski definition) is 3. The van der Waals surface area contributed by atoms with Crippen molar-refractivity contribution < 1.29 is 4.79 Å². The van der Waals surface area contributed by atoms with Crippen LogP contribution in [0.2, 0.25) is 10.0 Å². The molecule has 2 heterocycles. The Morgan fingerprint density at radius 2 is 1.86 bits per heavy atom. The van der Waals surface area contributed by atoms with Crippen LogP contribution in [0.15, 0.2) is 47.5 Å². The molecule has 35 heavy (non-hydrogen) atoms. The third-order valence-corrected chi connectivity index (χ3v) is 8.39. The van der Waals surface area contributed by atoms with Gasteiger partial charge < -0.3 is 4.90 Å². The molecule has 2 saturated heterocycles. The molecule has 2 aliphatic heterocycles. The summed E-state index contributed by atoms with van der Waals surface area (Å²) in [5.74, 6) is 1.39. The Balaban J connectivity index is 1.30. The fourth-order valence-electron chi connectivity index (χ4n) is 5.59. The Kier molecular flexibility index (Phi) is 8.69. The summed E-state index contributed by atoms with van der Waals surface area (Å²) in [5.41, 5.74) is 3.72. The molecule has 0 aromatic heterocycles. The van der Waals surface area contributed by atoms with Crippen molar-refractivity contribution in [3.05, 3.63) is 69.2 Å². The number of allylic oxidation sites excluding steroid dienone is 1. The summed E-state index contributed by atoms with van der Waals surface area (Å²) in [5, 5.41) is 1.26. The zero-order valence-corrected chi connectivity index (χ0v) is 22.2. The molecule has 0 aliphatic carbocycles. The van der Waals surface area contributed by atoms with Gasteiger partial charge in [-0.15, -0.1) is 0 Å². The zero-order chi connectivity index (χ0) is 24.9. The Morgan fingerprint density at radius 1 is 1.09 bits per heavy atom. The van der Waals surface area contributed by atoms with Crippen LogP contribution in [0.1, 0.15) is 54.6 Å². The molecule has 4 nitrogen and oxygen atoms in total. The summed E-state index contributed by atoms with van der Waals surface area (Å²) in [4.78, 5) is 21.9. The van der Waals surface area contributed by atoms with Gasteiger partial charge in [0, 0.05) is 36.8 Å². The number of piperidine rings is 2. The fraction of sp³-hybridized carbons (Fsp3) is 0.448. The number of carbonyl (C=O) groups excluding carboxylic acids is 1. The maximum absolute atomic E-state index is 13.2. The van der Waals surface area contributed by atoms with Crippen LogP contribution in [-0.2, 0) is 6.42 Å². The molecule has 1 amide bonds. The van der Waals surface area contributed by atoms with Crippen molar-refractivity contribution >= 4 is 47.6 Å². The Labute approximate surface area is 219 Å². The molecule has 6 heteroatoms. The highest BCUT2D eigenvalue weighted by Gasteiger charge is 2.33. The summed E-state index contributed by atoms with van der Waals surface area (Å²) in [7, 11) is 0. The minimum atomic E-state index is 0.110. The number of nitrogens with zero attached hydrogens (tertiary/aromatic N) is 3. The second kappa shape index (κ2) is 11.7. The fourth-order valence-corrected chi connectivity index (χ4v) is 5.91. The van der Waals surface area contributed by atoms with E-state index in [4.69, 9.17) is 23.2 Å². The number of halogens is 2. The van der Waals surface area contributed by atoms with Gasteiger partial charge in [0.25, 0.3) is 5.91 Å². The highest BCUT2D eigenvalue weighted by Crippen LogP contribution is 2.32. The van der Waals surface area contributed by atoms with Crippen LogP contribution in [-0.4, -0.2) is 54.6 Å². The van der Waals surface area contributed by atoms with Gasteiger partial charge >= 0.3 is 0 Å². The summed E-state index contributed by atoms with van der Waals surface area (Å²) in [6.07, 6.45) is 8.23. The lowest BCUT2D eigenvalue weighted by Crippen LogP contribution is -2.51. The number of carbonyl (C=O) groups is 1. The van der Waals surface area contributed by atoms with Gasteiger partial charge in [0.2, 0.25) is 0 Å². The monoisotopic (exact) mass is 511 g/mol. The van der Waals surface area contributed by atoms with E-state index in [2.05, 4.69) is 29.6 Å². The van der Waals surface area contributed by atoms with E-state index in [-0.39, 0.29) is 5.91 Å². The Morgan fingerprint density at radius 3 is 2.51 bits per heavy atom. The SMILES string of the molecule is C=Nc1ccc(C(=O)N2CCC(N3CC[C@H](Cc4ccc(Cl)c(Cl)c4)[C@H](C)C3)CC2)cc1/C=C\C. The van der Waals surface area contributed by atoms with Crippen LogP contribution >= 0.6 is 23.2 Å².